The second kappa shape index (κ2) is 12.2. The molecule has 1 atom stereocenters. The molecule has 0 radical (unpaired) electrons. The van der Waals surface area contributed by atoms with E-state index < -0.39 is 6.17 Å². The van der Waals surface area contributed by atoms with Crippen LogP contribution in [0.4, 0.5) is 0 Å². The molecule has 1 N–H and O–H groups in total. The minimum Gasteiger partial charge on any atom is -0.456 e. The normalized spacial score (nSPS) is 14.6. The van der Waals surface area contributed by atoms with Gasteiger partial charge in [0.25, 0.3) is 0 Å². The van der Waals surface area contributed by atoms with Crippen molar-refractivity contribution in [2.75, 3.05) is 0 Å². The van der Waals surface area contributed by atoms with E-state index in [0.717, 1.165) is 61.0 Å². The van der Waals surface area contributed by atoms with E-state index in [1.54, 1.807) is 0 Å². The zero-order valence-corrected chi connectivity index (χ0v) is 30.8. The van der Waals surface area contributed by atoms with Crippen LogP contribution in [0.15, 0.2) is 190 Å². The predicted octanol–water partition coefficient (Wildman–Crippen LogP) is 13.6. The van der Waals surface area contributed by atoms with Crippen molar-refractivity contribution in [2.45, 2.75) is 6.17 Å². The number of amidine groups is 2. The number of benzene rings is 9. The summed E-state index contributed by atoms with van der Waals surface area (Å²) in [6.07, 6.45) is -0.469. The average molecular weight is 734 g/mol. The number of hydrogen-bond donors (Lipinski definition) is 1. The quantitative estimate of drug-likeness (QED) is 0.183. The van der Waals surface area contributed by atoms with Crippen molar-refractivity contribution in [1.29, 1.82) is 0 Å². The largest absolute Gasteiger partial charge is 0.456 e. The van der Waals surface area contributed by atoms with Crippen LogP contribution in [0, 0.1) is 0 Å². The Kier molecular flexibility index (Phi) is 6.83. The zero-order chi connectivity index (χ0) is 36.7. The Hall–Kier alpha value is -7.08. The van der Waals surface area contributed by atoms with Gasteiger partial charge >= 0.3 is 0 Å². The molecule has 0 aliphatic carbocycles. The molecule has 11 aromatic rings. The molecule has 1 aliphatic rings. The number of fused-ring (bicyclic) bond motifs is 10. The molecule has 0 amide bonds. The monoisotopic (exact) mass is 733 g/mol. The average Bonchev–Trinajstić information content (AvgIpc) is 3.84. The van der Waals surface area contributed by atoms with Gasteiger partial charge in [-0.25, -0.2) is 9.98 Å². The molecule has 262 valence electrons. The molecule has 0 spiro atoms. The summed E-state index contributed by atoms with van der Waals surface area (Å²) in [6.45, 7) is 0. The second-order valence-corrected chi connectivity index (χ2v) is 15.6. The van der Waals surface area contributed by atoms with E-state index in [1.165, 1.54) is 47.1 Å². The maximum absolute atomic E-state index is 6.65. The Bertz CT molecular complexity index is 3470. The number of hydrogen-bond acceptors (Lipinski definition) is 5. The minimum absolute atomic E-state index is 0.469. The van der Waals surface area contributed by atoms with E-state index in [2.05, 4.69) is 169 Å². The van der Waals surface area contributed by atoms with Crippen LogP contribution < -0.4 is 5.32 Å². The van der Waals surface area contributed by atoms with Gasteiger partial charge in [-0.3, -0.25) is 0 Å². The highest BCUT2D eigenvalue weighted by molar-refractivity contribution is 7.25. The summed E-state index contributed by atoms with van der Waals surface area (Å²) < 4.78 is 9.14. The predicted molar refractivity (Wildman–Crippen MR) is 236 cm³/mol. The summed E-state index contributed by atoms with van der Waals surface area (Å²) in [5.74, 6) is 1.48. The summed E-state index contributed by atoms with van der Waals surface area (Å²) in [5.41, 5.74) is 6.97. The fourth-order valence-electron chi connectivity index (χ4n) is 8.73. The lowest BCUT2D eigenvalue weighted by Gasteiger charge is -2.25. The maximum Gasteiger partial charge on any atom is 0.159 e. The van der Waals surface area contributed by atoms with Gasteiger partial charge in [0.2, 0.25) is 0 Å². The summed E-state index contributed by atoms with van der Waals surface area (Å²) in [5, 5.41) is 15.7. The van der Waals surface area contributed by atoms with E-state index in [-0.39, 0.29) is 0 Å². The third kappa shape index (κ3) is 4.84. The summed E-state index contributed by atoms with van der Waals surface area (Å²) in [4.78, 5) is 10.9. The first kappa shape index (κ1) is 31.3. The van der Waals surface area contributed by atoms with Gasteiger partial charge in [-0.1, -0.05) is 140 Å². The van der Waals surface area contributed by atoms with Crippen LogP contribution in [-0.4, -0.2) is 11.7 Å². The number of thiophene rings is 1. The Morgan fingerprint density at radius 1 is 0.464 bits per heavy atom. The van der Waals surface area contributed by atoms with Crippen molar-refractivity contribution < 1.29 is 4.42 Å². The minimum atomic E-state index is -0.469. The molecule has 5 heteroatoms. The van der Waals surface area contributed by atoms with Crippen LogP contribution in [0.25, 0.3) is 85.6 Å². The van der Waals surface area contributed by atoms with Crippen molar-refractivity contribution in [2.24, 2.45) is 9.98 Å². The lowest BCUT2D eigenvalue weighted by Crippen LogP contribution is -2.33. The molecule has 0 fully saturated rings. The number of para-hydroxylation sites is 1. The van der Waals surface area contributed by atoms with Crippen molar-refractivity contribution >= 4 is 97.4 Å². The molecular formula is C51H31N3OS. The Balaban J connectivity index is 1.12. The second-order valence-electron chi connectivity index (χ2n) is 14.5. The Morgan fingerprint density at radius 3 is 2.05 bits per heavy atom. The molecule has 0 bridgehead atoms. The van der Waals surface area contributed by atoms with E-state index in [4.69, 9.17) is 14.4 Å². The van der Waals surface area contributed by atoms with E-state index in [9.17, 15) is 0 Å². The molecule has 0 saturated heterocycles. The fraction of sp³-hybridized carbons (Fsp3) is 0.0196. The first-order valence-electron chi connectivity index (χ1n) is 18.9. The van der Waals surface area contributed by atoms with Crippen molar-refractivity contribution in [1.82, 2.24) is 5.32 Å². The summed E-state index contributed by atoms with van der Waals surface area (Å²) >= 11 is 1.82. The lowest BCUT2D eigenvalue weighted by atomic mass is 9.93. The van der Waals surface area contributed by atoms with Gasteiger partial charge in [0.1, 0.15) is 23.2 Å². The van der Waals surface area contributed by atoms with Gasteiger partial charge in [0, 0.05) is 47.6 Å². The van der Waals surface area contributed by atoms with Gasteiger partial charge in [-0.15, -0.1) is 11.3 Å². The molecule has 56 heavy (non-hydrogen) atoms. The van der Waals surface area contributed by atoms with Gasteiger partial charge < -0.3 is 9.73 Å². The molecular weight excluding hydrogens is 703 g/mol. The van der Waals surface area contributed by atoms with Crippen LogP contribution in [0.1, 0.15) is 22.9 Å². The Labute approximate surface area is 325 Å². The molecule has 1 aliphatic heterocycles. The van der Waals surface area contributed by atoms with Gasteiger partial charge in [0.15, 0.2) is 5.84 Å². The molecule has 9 aromatic carbocycles. The number of rotatable bonds is 4. The number of nitrogens with zero attached hydrogens (tertiary/aromatic N) is 2. The van der Waals surface area contributed by atoms with Gasteiger partial charge in [-0.05, 0) is 79.8 Å². The smallest absolute Gasteiger partial charge is 0.159 e. The highest BCUT2D eigenvalue weighted by Crippen LogP contribution is 2.42. The molecule has 3 heterocycles. The van der Waals surface area contributed by atoms with Crippen molar-refractivity contribution in [3.05, 3.63) is 193 Å². The Morgan fingerprint density at radius 2 is 1.14 bits per heavy atom. The SMILES string of the molecule is c1ccc2c(-c3cc(C4N=C(c5ccc6c(ccc7ccccc76)c5)N=C(c5cccc6sc7ccccc7c56)N4)c4c(c3)oc3ccccc34)cccc2c1. The highest BCUT2D eigenvalue weighted by Gasteiger charge is 2.27. The van der Waals surface area contributed by atoms with Crippen LogP contribution in [-0.2, 0) is 0 Å². The first-order chi connectivity index (χ1) is 27.7. The van der Waals surface area contributed by atoms with E-state index in [1.807, 2.05) is 23.5 Å². The molecule has 4 nitrogen and oxygen atoms in total. The van der Waals surface area contributed by atoms with Crippen molar-refractivity contribution in [3.63, 3.8) is 0 Å². The van der Waals surface area contributed by atoms with Crippen LogP contribution >= 0.6 is 11.3 Å². The van der Waals surface area contributed by atoms with Gasteiger partial charge in [0.05, 0.1) is 0 Å². The molecule has 2 aromatic heterocycles. The number of aliphatic imine (C=N–C) groups is 2. The van der Waals surface area contributed by atoms with E-state index in [0.29, 0.717) is 5.84 Å². The highest BCUT2D eigenvalue weighted by atomic mass is 32.1. The lowest BCUT2D eigenvalue weighted by molar-refractivity contribution is 0.662. The molecule has 1 unspecified atom stereocenters. The molecule has 12 rings (SSSR count). The third-order valence-corrected chi connectivity index (χ3v) is 12.4. The van der Waals surface area contributed by atoms with Crippen LogP contribution in [0.2, 0.25) is 0 Å². The zero-order valence-electron chi connectivity index (χ0n) is 30.0. The topological polar surface area (TPSA) is 49.9 Å². The third-order valence-electron chi connectivity index (χ3n) is 11.3. The van der Waals surface area contributed by atoms with Crippen LogP contribution in [0.5, 0.6) is 0 Å². The van der Waals surface area contributed by atoms with Gasteiger partial charge in [-0.2, -0.15) is 0 Å². The summed E-state index contributed by atoms with van der Waals surface area (Å²) in [7, 11) is 0. The fourth-order valence-corrected chi connectivity index (χ4v) is 9.87. The number of nitrogens with one attached hydrogen (secondary N) is 1. The first-order valence-corrected chi connectivity index (χ1v) is 19.7. The van der Waals surface area contributed by atoms with Crippen molar-refractivity contribution in [3.8, 4) is 11.1 Å². The standard InChI is InChI=1S/C51H31N3OS/c1-3-14-35-30(11-1)13-9-18-37(35)34-28-42(47-39-16-5-7-20-43(39)55-44(47)29-34)51-53-49(33-25-26-38-32(27-33)24-23-31-12-2-4-15-36(31)38)52-50(54-51)41-19-10-22-46-48(41)40-17-6-8-21-45(40)56-46/h1-29,51H,(H,52,53,54). The maximum atomic E-state index is 6.65. The van der Waals surface area contributed by atoms with E-state index >= 15 is 0 Å². The molecule has 0 saturated carbocycles. The number of furan rings is 1. The van der Waals surface area contributed by atoms with Crippen LogP contribution in [0.3, 0.4) is 0 Å². The summed E-state index contributed by atoms with van der Waals surface area (Å²) in [6, 6.07) is 62.7.